The summed E-state index contributed by atoms with van der Waals surface area (Å²) in [4.78, 5) is 23.8. The molecule has 0 aromatic carbocycles. The predicted octanol–water partition coefficient (Wildman–Crippen LogP) is 1.59. The Kier molecular flexibility index (Phi) is 4.11. The van der Waals surface area contributed by atoms with Gasteiger partial charge in [0.05, 0.1) is 5.41 Å². The lowest BCUT2D eigenvalue weighted by atomic mass is 9.71. The summed E-state index contributed by atoms with van der Waals surface area (Å²) in [5.41, 5.74) is -0.877. The Bertz CT molecular complexity index is 486. The average molecular weight is 279 g/mol. The van der Waals surface area contributed by atoms with Crippen molar-refractivity contribution in [1.82, 2.24) is 15.1 Å². The van der Waals surface area contributed by atoms with Crippen LogP contribution in [0.2, 0.25) is 0 Å². The van der Waals surface area contributed by atoms with Gasteiger partial charge in [0.25, 0.3) is 0 Å². The van der Waals surface area contributed by atoms with E-state index in [1.807, 2.05) is 0 Å². The Balaban J connectivity index is 2.07. The molecule has 1 aliphatic carbocycles. The van der Waals surface area contributed by atoms with Gasteiger partial charge in [0.2, 0.25) is 5.91 Å². The minimum Gasteiger partial charge on any atom is -0.481 e. The summed E-state index contributed by atoms with van der Waals surface area (Å²) in [5.74, 6) is -1.03. The van der Waals surface area contributed by atoms with Crippen LogP contribution in [0.25, 0.3) is 0 Å². The van der Waals surface area contributed by atoms with E-state index in [0.29, 0.717) is 12.8 Å². The van der Waals surface area contributed by atoms with Crippen LogP contribution in [-0.4, -0.2) is 32.8 Å². The van der Waals surface area contributed by atoms with Crippen molar-refractivity contribution in [3.63, 3.8) is 0 Å². The summed E-state index contributed by atoms with van der Waals surface area (Å²) in [6, 6.07) is 0.996. The lowest BCUT2D eigenvalue weighted by Crippen LogP contribution is -2.53. The van der Waals surface area contributed by atoms with Crippen molar-refractivity contribution in [3.8, 4) is 0 Å². The molecule has 1 saturated carbocycles. The SMILES string of the molecule is CC(C(=O)NC1CCCCC1(C)C(=O)O)n1cccn1. The smallest absolute Gasteiger partial charge is 0.311 e. The highest BCUT2D eigenvalue weighted by atomic mass is 16.4. The van der Waals surface area contributed by atoms with Gasteiger partial charge in [-0.15, -0.1) is 0 Å². The van der Waals surface area contributed by atoms with Crippen molar-refractivity contribution in [1.29, 1.82) is 0 Å². The Morgan fingerprint density at radius 2 is 2.25 bits per heavy atom. The molecule has 1 aromatic heterocycles. The van der Waals surface area contributed by atoms with Crippen molar-refractivity contribution >= 4 is 11.9 Å². The van der Waals surface area contributed by atoms with Gasteiger partial charge in [0.15, 0.2) is 0 Å². The quantitative estimate of drug-likeness (QED) is 0.876. The average Bonchev–Trinajstić information content (AvgIpc) is 2.94. The molecular formula is C14H21N3O3. The van der Waals surface area contributed by atoms with Crippen LogP contribution in [0.4, 0.5) is 0 Å². The summed E-state index contributed by atoms with van der Waals surface area (Å²) in [7, 11) is 0. The van der Waals surface area contributed by atoms with Crippen LogP contribution in [0.1, 0.15) is 45.6 Å². The summed E-state index contributed by atoms with van der Waals surface area (Å²) < 4.78 is 1.57. The fraction of sp³-hybridized carbons (Fsp3) is 0.643. The zero-order valence-electron chi connectivity index (χ0n) is 11.9. The number of carboxylic acids is 1. The molecule has 0 aliphatic heterocycles. The topological polar surface area (TPSA) is 84.2 Å². The largest absolute Gasteiger partial charge is 0.481 e. The third-order valence-corrected chi connectivity index (χ3v) is 4.31. The van der Waals surface area contributed by atoms with Gasteiger partial charge in [-0.2, -0.15) is 5.10 Å². The van der Waals surface area contributed by atoms with E-state index in [9.17, 15) is 14.7 Å². The zero-order valence-corrected chi connectivity index (χ0v) is 11.9. The summed E-state index contributed by atoms with van der Waals surface area (Å²) in [6.45, 7) is 3.47. The van der Waals surface area contributed by atoms with Gasteiger partial charge >= 0.3 is 5.97 Å². The van der Waals surface area contributed by atoms with E-state index in [1.54, 1.807) is 37.0 Å². The maximum Gasteiger partial charge on any atom is 0.311 e. The van der Waals surface area contributed by atoms with Crippen LogP contribution < -0.4 is 5.32 Å². The maximum atomic E-state index is 12.3. The van der Waals surface area contributed by atoms with Crippen molar-refractivity contribution < 1.29 is 14.7 Å². The lowest BCUT2D eigenvalue weighted by Gasteiger charge is -2.38. The summed E-state index contributed by atoms with van der Waals surface area (Å²) in [6.07, 6.45) is 6.49. The molecule has 1 aliphatic rings. The van der Waals surface area contributed by atoms with Crippen LogP contribution in [-0.2, 0) is 9.59 Å². The van der Waals surface area contributed by atoms with Crippen LogP contribution in [0.3, 0.4) is 0 Å². The number of amides is 1. The molecule has 1 fully saturated rings. The molecule has 2 N–H and O–H groups in total. The predicted molar refractivity (Wildman–Crippen MR) is 73.1 cm³/mol. The molecule has 0 spiro atoms. The number of aromatic nitrogens is 2. The molecule has 0 radical (unpaired) electrons. The number of carbonyl (C=O) groups is 2. The first kappa shape index (κ1) is 14.6. The van der Waals surface area contributed by atoms with Gasteiger partial charge in [-0.05, 0) is 32.8 Å². The molecule has 20 heavy (non-hydrogen) atoms. The Morgan fingerprint density at radius 3 is 2.85 bits per heavy atom. The summed E-state index contributed by atoms with van der Waals surface area (Å²) >= 11 is 0. The summed E-state index contributed by atoms with van der Waals surface area (Å²) in [5, 5.41) is 16.4. The van der Waals surface area contributed by atoms with Crippen LogP contribution in [0, 0.1) is 5.41 Å². The second-order valence-corrected chi connectivity index (χ2v) is 5.69. The lowest BCUT2D eigenvalue weighted by molar-refractivity contribution is -0.152. The van der Waals surface area contributed by atoms with E-state index in [4.69, 9.17) is 0 Å². The first-order valence-corrected chi connectivity index (χ1v) is 6.98. The minimum absolute atomic E-state index is 0.187. The highest BCUT2D eigenvalue weighted by Crippen LogP contribution is 2.36. The molecule has 6 heteroatoms. The molecule has 3 atom stereocenters. The third-order valence-electron chi connectivity index (χ3n) is 4.31. The van der Waals surface area contributed by atoms with Crippen molar-refractivity contribution in [2.75, 3.05) is 0 Å². The third kappa shape index (κ3) is 2.69. The molecule has 1 amide bonds. The van der Waals surface area contributed by atoms with Gasteiger partial charge in [-0.1, -0.05) is 12.8 Å². The first-order valence-electron chi connectivity index (χ1n) is 6.98. The normalized spacial score (nSPS) is 27.8. The Morgan fingerprint density at radius 1 is 1.50 bits per heavy atom. The fourth-order valence-corrected chi connectivity index (χ4v) is 2.74. The number of aliphatic carboxylic acids is 1. The van der Waals surface area contributed by atoms with E-state index in [0.717, 1.165) is 12.8 Å². The highest BCUT2D eigenvalue weighted by Gasteiger charge is 2.44. The van der Waals surface area contributed by atoms with Gasteiger partial charge < -0.3 is 10.4 Å². The van der Waals surface area contributed by atoms with Gasteiger partial charge in [-0.3, -0.25) is 14.3 Å². The van der Waals surface area contributed by atoms with E-state index in [1.165, 1.54) is 0 Å². The molecule has 110 valence electrons. The molecule has 6 nitrogen and oxygen atoms in total. The molecule has 2 rings (SSSR count). The number of carbonyl (C=O) groups excluding carboxylic acids is 1. The number of hydrogen-bond donors (Lipinski definition) is 2. The van der Waals surface area contributed by atoms with E-state index < -0.39 is 17.4 Å². The van der Waals surface area contributed by atoms with Crippen molar-refractivity contribution in [2.24, 2.45) is 5.41 Å². The fourth-order valence-electron chi connectivity index (χ4n) is 2.74. The number of nitrogens with zero attached hydrogens (tertiary/aromatic N) is 2. The molecule has 0 saturated heterocycles. The second-order valence-electron chi connectivity index (χ2n) is 5.69. The zero-order chi connectivity index (χ0) is 14.8. The van der Waals surface area contributed by atoms with Crippen molar-refractivity contribution in [3.05, 3.63) is 18.5 Å². The minimum atomic E-state index is -0.877. The van der Waals surface area contributed by atoms with Crippen LogP contribution >= 0.6 is 0 Å². The number of rotatable bonds is 4. The van der Waals surface area contributed by atoms with Crippen LogP contribution in [0.5, 0.6) is 0 Å². The van der Waals surface area contributed by atoms with Gasteiger partial charge in [0.1, 0.15) is 6.04 Å². The molecule has 3 unspecified atom stereocenters. The Hall–Kier alpha value is -1.85. The Labute approximate surface area is 118 Å². The van der Waals surface area contributed by atoms with Crippen LogP contribution in [0.15, 0.2) is 18.5 Å². The monoisotopic (exact) mass is 279 g/mol. The standard InChI is InChI=1S/C14H21N3O3/c1-10(17-9-5-8-15-17)12(18)16-11-6-3-4-7-14(11,2)13(19)20/h5,8-11H,3-4,6-7H2,1-2H3,(H,16,18)(H,19,20). The van der Waals surface area contributed by atoms with Gasteiger partial charge in [0, 0.05) is 18.4 Å². The second kappa shape index (κ2) is 5.64. The molecule has 1 heterocycles. The van der Waals surface area contributed by atoms with Gasteiger partial charge in [-0.25, -0.2) is 0 Å². The number of nitrogens with one attached hydrogen (secondary N) is 1. The highest BCUT2D eigenvalue weighted by molar-refractivity contribution is 5.82. The van der Waals surface area contributed by atoms with E-state index in [2.05, 4.69) is 10.4 Å². The molecular weight excluding hydrogens is 258 g/mol. The molecule has 1 aromatic rings. The number of carboxylic acid groups (broad SMARTS) is 1. The first-order chi connectivity index (χ1) is 9.45. The molecule has 0 bridgehead atoms. The maximum absolute atomic E-state index is 12.3. The van der Waals surface area contributed by atoms with Crippen molar-refractivity contribution in [2.45, 2.75) is 51.6 Å². The van der Waals surface area contributed by atoms with E-state index in [-0.39, 0.29) is 11.9 Å². The van der Waals surface area contributed by atoms with E-state index >= 15 is 0 Å². The number of hydrogen-bond acceptors (Lipinski definition) is 3.